The number of aliphatic hydroxyl groups is 1. The van der Waals surface area contributed by atoms with Crippen molar-refractivity contribution in [3.63, 3.8) is 0 Å². The summed E-state index contributed by atoms with van der Waals surface area (Å²) < 4.78 is 0. The van der Waals surface area contributed by atoms with Crippen LogP contribution in [-0.4, -0.2) is 23.2 Å². The van der Waals surface area contributed by atoms with Crippen LogP contribution in [0, 0.1) is 19.3 Å². The summed E-state index contributed by atoms with van der Waals surface area (Å²) in [7, 11) is 0. The maximum atomic E-state index is 12.2. The van der Waals surface area contributed by atoms with Gasteiger partial charge in [0, 0.05) is 16.3 Å². The van der Waals surface area contributed by atoms with Gasteiger partial charge in [-0.05, 0) is 51.0 Å². The minimum atomic E-state index is -0.732. The molecular formula is C16H25NO2S. The Bertz CT molecular complexity index is 495. The lowest BCUT2D eigenvalue weighted by molar-refractivity contribution is -0.0233. The predicted molar refractivity (Wildman–Crippen MR) is 83.3 cm³/mol. The highest BCUT2D eigenvalue weighted by Gasteiger charge is 2.36. The molecule has 1 aliphatic carbocycles. The molecule has 1 saturated carbocycles. The van der Waals surface area contributed by atoms with Crippen LogP contribution >= 0.6 is 11.3 Å². The van der Waals surface area contributed by atoms with Gasteiger partial charge in [-0.15, -0.1) is 11.3 Å². The van der Waals surface area contributed by atoms with Crippen molar-refractivity contribution in [3.8, 4) is 0 Å². The summed E-state index contributed by atoms with van der Waals surface area (Å²) in [6.07, 6.45) is 3.55. The van der Waals surface area contributed by atoms with E-state index in [0.717, 1.165) is 41.0 Å². The highest BCUT2D eigenvalue weighted by Crippen LogP contribution is 2.39. The summed E-state index contributed by atoms with van der Waals surface area (Å²) in [6, 6.07) is 1.92. The van der Waals surface area contributed by atoms with Crippen LogP contribution in [0.4, 0.5) is 0 Å². The van der Waals surface area contributed by atoms with Gasteiger partial charge in [-0.2, -0.15) is 0 Å². The molecule has 0 aromatic carbocycles. The minimum absolute atomic E-state index is 0.0647. The molecule has 1 heterocycles. The molecular weight excluding hydrogens is 270 g/mol. The number of carbonyl (C=O) groups excluding carboxylic acids is 1. The van der Waals surface area contributed by atoms with Crippen LogP contribution in [0.2, 0.25) is 0 Å². The van der Waals surface area contributed by atoms with Gasteiger partial charge in [0.15, 0.2) is 0 Å². The first-order valence-electron chi connectivity index (χ1n) is 7.28. The summed E-state index contributed by atoms with van der Waals surface area (Å²) in [5, 5.41) is 13.5. The van der Waals surface area contributed by atoms with Crippen LogP contribution in [0.1, 0.15) is 59.6 Å². The Morgan fingerprint density at radius 1 is 1.30 bits per heavy atom. The van der Waals surface area contributed by atoms with Gasteiger partial charge >= 0.3 is 0 Å². The summed E-state index contributed by atoms with van der Waals surface area (Å²) in [5.74, 6) is -0.0647. The van der Waals surface area contributed by atoms with Gasteiger partial charge in [-0.3, -0.25) is 4.79 Å². The SMILES string of the molecule is Cc1cc(C(=O)NCC2(O)CCC(C)(C)CC2)c(C)s1. The van der Waals surface area contributed by atoms with Gasteiger partial charge in [0.05, 0.1) is 11.2 Å². The summed E-state index contributed by atoms with van der Waals surface area (Å²) >= 11 is 1.63. The van der Waals surface area contributed by atoms with Crippen molar-refractivity contribution in [3.05, 3.63) is 21.4 Å². The van der Waals surface area contributed by atoms with Crippen molar-refractivity contribution in [2.24, 2.45) is 5.41 Å². The van der Waals surface area contributed by atoms with Crippen LogP contribution in [0.5, 0.6) is 0 Å². The maximum absolute atomic E-state index is 12.2. The maximum Gasteiger partial charge on any atom is 0.252 e. The highest BCUT2D eigenvalue weighted by molar-refractivity contribution is 7.12. The van der Waals surface area contributed by atoms with Crippen LogP contribution in [0.15, 0.2) is 6.07 Å². The average molecular weight is 295 g/mol. The minimum Gasteiger partial charge on any atom is -0.388 e. The number of amides is 1. The van der Waals surface area contributed by atoms with Crippen molar-refractivity contribution in [2.75, 3.05) is 6.54 Å². The van der Waals surface area contributed by atoms with Crippen molar-refractivity contribution in [2.45, 2.75) is 59.0 Å². The predicted octanol–water partition coefficient (Wildman–Crippen LogP) is 3.43. The summed E-state index contributed by atoms with van der Waals surface area (Å²) in [4.78, 5) is 14.4. The molecule has 1 aromatic heterocycles. The molecule has 0 unspecified atom stereocenters. The Morgan fingerprint density at radius 3 is 2.40 bits per heavy atom. The van der Waals surface area contributed by atoms with E-state index < -0.39 is 5.60 Å². The summed E-state index contributed by atoms with van der Waals surface area (Å²) in [5.41, 5.74) is 0.328. The van der Waals surface area contributed by atoms with Crippen molar-refractivity contribution in [1.29, 1.82) is 0 Å². The van der Waals surface area contributed by atoms with Crippen molar-refractivity contribution in [1.82, 2.24) is 5.32 Å². The number of nitrogens with one attached hydrogen (secondary N) is 1. The monoisotopic (exact) mass is 295 g/mol. The Kier molecular flexibility index (Phi) is 4.26. The Hall–Kier alpha value is -0.870. The molecule has 4 heteroatoms. The molecule has 0 aliphatic heterocycles. The smallest absolute Gasteiger partial charge is 0.252 e. The zero-order chi connectivity index (χ0) is 15.0. The van der Waals surface area contributed by atoms with Gasteiger partial charge in [-0.25, -0.2) is 0 Å². The standard InChI is InChI=1S/C16H25NO2S/c1-11-9-13(12(2)20-11)14(18)17-10-16(19)7-5-15(3,4)6-8-16/h9,19H,5-8,10H2,1-4H3,(H,17,18). The van der Waals surface area contributed by atoms with E-state index in [2.05, 4.69) is 19.2 Å². The zero-order valence-electron chi connectivity index (χ0n) is 12.9. The first-order valence-corrected chi connectivity index (χ1v) is 8.10. The average Bonchev–Trinajstić information content (AvgIpc) is 2.70. The fourth-order valence-electron chi connectivity index (χ4n) is 2.77. The second kappa shape index (κ2) is 5.49. The van der Waals surface area contributed by atoms with E-state index in [-0.39, 0.29) is 5.91 Å². The van der Waals surface area contributed by atoms with E-state index in [0.29, 0.717) is 12.0 Å². The molecule has 1 amide bonds. The third-order valence-electron chi connectivity index (χ3n) is 4.40. The fourth-order valence-corrected chi connectivity index (χ4v) is 3.69. The molecule has 1 aromatic rings. The second-order valence-electron chi connectivity index (χ2n) is 6.90. The molecule has 1 aliphatic rings. The molecule has 0 spiro atoms. The van der Waals surface area contributed by atoms with Crippen LogP contribution in [0.3, 0.4) is 0 Å². The quantitative estimate of drug-likeness (QED) is 0.897. The van der Waals surface area contributed by atoms with Gasteiger partial charge in [0.2, 0.25) is 0 Å². The number of thiophene rings is 1. The molecule has 3 nitrogen and oxygen atoms in total. The third kappa shape index (κ3) is 3.61. The lowest BCUT2D eigenvalue weighted by atomic mass is 9.71. The lowest BCUT2D eigenvalue weighted by Gasteiger charge is -2.40. The molecule has 20 heavy (non-hydrogen) atoms. The molecule has 1 fully saturated rings. The van der Waals surface area contributed by atoms with Crippen LogP contribution < -0.4 is 5.32 Å². The van der Waals surface area contributed by atoms with Gasteiger partial charge in [-0.1, -0.05) is 13.8 Å². The topological polar surface area (TPSA) is 49.3 Å². The molecule has 0 saturated heterocycles. The lowest BCUT2D eigenvalue weighted by Crippen LogP contribution is -2.46. The normalized spacial score (nSPS) is 20.6. The highest BCUT2D eigenvalue weighted by atomic mass is 32.1. The molecule has 0 radical (unpaired) electrons. The molecule has 2 rings (SSSR count). The van der Waals surface area contributed by atoms with Crippen LogP contribution in [0.25, 0.3) is 0 Å². The zero-order valence-corrected chi connectivity index (χ0v) is 13.7. The van der Waals surface area contributed by atoms with Crippen LogP contribution in [-0.2, 0) is 0 Å². The van der Waals surface area contributed by atoms with E-state index in [1.807, 2.05) is 19.9 Å². The summed E-state index contributed by atoms with van der Waals surface area (Å²) in [6.45, 7) is 8.80. The Balaban J connectivity index is 1.92. The van der Waals surface area contributed by atoms with Gasteiger partial charge < -0.3 is 10.4 Å². The van der Waals surface area contributed by atoms with E-state index in [4.69, 9.17) is 0 Å². The van der Waals surface area contributed by atoms with E-state index in [1.54, 1.807) is 11.3 Å². The van der Waals surface area contributed by atoms with Gasteiger partial charge in [0.1, 0.15) is 0 Å². The van der Waals surface area contributed by atoms with Gasteiger partial charge in [0.25, 0.3) is 5.91 Å². The molecule has 0 bridgehead atoms. The van der Waals surface area contributed by atoms with Crippen molar-refractivity contribution >= 4 is 17.2 Å². The number of hydrogen-bond donors (Lipinski definition) is 2. The third-order valence-corrected chi connectivity index (χ3v) is 5.36. The molecule has 0 atom stereocenters. The molecule has 112 valence electrons. The number of hydrogen-bond acceptors (Lipinski definition) is 3. The first kappa shape index (κ1) is 15.5. The largest absolute Gasteiger partial charge is 0.388 e. The fraction of sp³-hybridized carbons (Fsp3) is 0.688. The number of carbonyl (C=O) groups is 1. The van der Waals surface area contributed by atoms with E-state index in [1.165, 1.54) is 0 Å². The number of rotatable bonds is 3. The van der Waals surface area contributed by atoms with E-state index >= 15 is 0 Å². The Labute approximate surface area is 125 Å². The second-order valence-corrected chi connectivity index (χ2v) is 8.36. The molecule has 2 N–H and O–H groups in total. The first-order chi connectivity index (χ1) is 9.21. The number of aryl methyl sites for hydroxylation is 2. The Morgan fingerprint density at radius 2 is 1.90 bits per heavy atom. The van der Waals surface area contributed by atoms with Crippen molar-refractivity contribution < 1.29 is 9.90 Å². The van der Waals surface area contributed by atoms with E-state index in [9.17, 15) is 9.90 Å².